The maximum atomic E-state index is 10.7. The van der Waals surface area contributed by atoms with E-state index in [1.807, 2.05) is 18.9 Å². The van der Waals surface area contributed by atoms with Crippen LogP contribution in [0.4, 0.5) is 0 Å². The maximum absolute atomic E-state index is 10.7. The van der Waals surface area contributed by atoms with Gasteiger partial charge in [0.15, 0.2) is 0 Å². The second kappa shape index (κ2) is 6.02. The minimum atomic E-state index is -0.923. The van der Waals surface area contributed by atoms with E-state index in [9.17, 15) is 4.79 Å². The van der Waals surface area contributed by atoms with Gasteiger partial charge in [0.25, 0.3) is 0 Å². The lowest BCUT2D eigenvalue weighted by molar-refractivity contribution is 0.0697. The molecule has 0 radical (unpaired) electrons. The first-order chi connectivity index (χ1) is 8.08. The third kappa shape index (κ3) is 3.58. The lowest BCUT2D eigenvalue weighted by Crippen LogP contribution is -2.29. The van der Waals surface area contributed by atoms with Crippen LogP contribution in [0, 0.1) is 11.3 Å². The molecule has 4 heteroatoms. The molecule has 1 unspecified atom stereocenters. The molecule has 1 rings (SSSR count). The van der Waals surface area contributed by atoms with Crippen molar-refractivity contribution in [1.29, 1.82) is 5.26 Å². The van der Waals surface area contributed by atoms with Crippen molar-refractivity contribution in [2.75, 3.05) is 7.05 Å². The van der Waals surface area contributed by atoms with Gasteiger partial charge in [0, 0.05) is 6.54 Å². The molecule has 0 aliphatic rings. The zero-order chi connectivity index (χ0) is 12.8. The monoisotopic (exact) mass is 232 g/mol. The van der Waals surface area contributed by atoms with E-state index in [4.69, 9.17) is 10.4 Å². The summed E-state index contributed by atoms with van der Waals surface area (Å²) < 4.78 is 0. The Morgan fingerprint density at radius 2 is 2.06 bits per heavy atom. The van der Waals surface area contributed by atoms with Crippen LogP contribution < -0.4 is 0 Å². The summed E-state index contributed by atoms with van der Waals surface area (Å²) in [5.74, 6) is -0.923. The SMILES string of the molecule is CCC(C#N)N(C)Cc1ccc(C(=O)O)cc1. The van der Waals surface area contributed by atoms with Crippen molar-refractivity contribution < 1.29 is 9.90 Å². The number of nitrogens with zero attached hydrogens (tertiary/aromatic N) is 2. The number of benzene rings is 1. The van der Waals surface area contributed by atoms with Gasteiger partial charge in [-0.05, 0) is 31.2 Å². The summed E-state index contributed by atoms with van der Waals surface area (Å²) in [5.41, 5.74) is 1.29. The van der Waals surface area contributed by atoms with Gasteiger partial charge >= 0.3 is 5.97 Å². The van der Waals surface area contributed by atoms with Crippen LogP contribution in [0.15, 0.2) is 24.3 Å². The highest BCUT2D eigenvalue weighted by molar-refractivity contribution is 5.87. The van der Waals surface area contributed by atoms with E-state index >= 15 is 0 Å². The number of carbonyl (C=O) groups is 1. The molecule has 0 bridgehead atoms. The number of nitriles is 1. The molecule has 17 heavy (non-hydrogen) atoms. The molecule has 0 aliphatic carbocycles. The third-order valence-electron chi connectivity index (χ3n) is 2.70. The number of hydrogen-bond donors (Lipinski definition) is 1. The molecule has 0 saturated heterocycles. The molecule has 0 heterocycles. The lowest BCUT2D eigenvalue weighted by Gasteiger charge is -2.21. The maximum Gasteiger partial charge on any atom is 0.335 e. The summed E-state index contributed by atoms with van der Waals surface area (Å²) in [5, 5.41) is 17.7. The van der Waals surface area contributed by atoms with E-state index in [1.165, 1.54) is 0 Å². The van der Waals surface area contributed by atoms with Gasteiger partial charge in [-0.25, -0.2) is 4.79 Å². The standard InChI is InChI=1S/C13H16N2O2/c1-3-12(8-14)15(2)9-10-4-6-11(7-5-10)13(16)17/h4-7,12H,3,9H2,1-2H3,(H,16,17). The number of hydrogen-bond acceptors (Lipinski definition) is 3. The van der Waals surface area contributed by atoms with Crippen molar-refractivity contribution in [2.45, 2.75) is 25.9 Å². The fourth-order valence-corrected chi connectivity index (χ4v) is 1.65. The van der Waals surface area contributed by atoms with Crippen LogP contribution in [0.2, 0.25) is 0 Å². The summed E-state index contributed by atoms with van der Waals surface area (Å²) in [6.45, 7) is 2.61. The fraction of sp³-hybridized carbons (Fsp3) is 0.385. The molecule has 1 aromatic carbocycles. The smallest absolute Gasteiger partial charge is 0.335 e. The van der Waals surface area contributed by atoms with Crippen molar-refractivity contribution in [1.82, 2.24) is 4.90 Å². The Kier molecular flexibility index (Phi) is 4.68. The summed E-state index contributed by atoms with van der Waals surface area (Å²) in [6, 6.07) is 8.86. The Morgan fingerprint density at radius 3 is 2.47 bits per heavy atom. The van der Waals surface area contributed by atoms with Gasteiger partial charge in [0.05, 0.1) is 17.7 Å². The van der Waals surface area contributed by atoms with Crippen LogP contribution in [0.1, 0.15) is 29.3 Å². The van der Waals surface area contributed by atoms with E-state index in [0.29, 0.717) is 6.54 Å². The normalized spacial score (nSPS) is 12.1. The van der Waals surface area contributed by atoms with Crippen LogP contribution in [0.5, 0.6) is 0 Å². The van der Waals surface area contributed by atoms with E-state index in [-0.39, 0.29) is 11.6 Å². The van der Waals surface area contributed by atoms with Gasteiger partial charge in [-0.1, -0.05) is 19.1 Å². The number of aromatic carboxylic acids is 1. The summed E-state index contributed by atoms with van der Waals surface area (Å²) in [7, 11) is 1.89. The summed E-state index contributed by atoms with van der Waals surface area (Å²) in [4.78, 5) is 12.6. The first-order valence-corrected chi connectivity index (χ1v) is 5.50. The molecule has 4 nitrogen and oxygen atoms in total. The minimum Gasteiger partial charge on any atom is -0.478 e. The average molecular weight is 232 g/mol. The quantitative estimate of drug-likeness (QED) is 0.844. The molecule has 90 valence electrons. The predicted octanol–water partition coefficient (Wildman–Crippen LogP) is 2.12. The second-order valence-electron chi connectivity index (χ2n) is 3.97. The minimum absolute atomic E-state index is 0.103. The molecule has 0 aromatic heterocycles. The second-order valence-corrected chi connectivity index (χ2v) is 3.97. The van der Waals surface area contributed by atoms with Gasteiger partial charge in [0.1, 0.15) is 0 Å². The van der Waals surface area contributed by atoms with E-state index in [1.54, 1.807) is 24.3 Å². The van der Waals surface area contributed by atoms with Gasteiger partial charge < -0.3 is 5.11 Å². The molecule has 1 atom stereocenters. The largest absolute Gasteiger partial charge is 0.478 e. The number of rotatable bonds is 5. The first kappa shape index (κ1) is 13.2. The molecule has 0 saturated carbocycles. The number of carboxylic acids is 1. The summed E-state index contributed by atoms with van der Waals surface area (Å²) in [6.07, 6.45) is 0.778. The molecule has 0 fully saturated rings. The lowest BCUT2D eigenvalue weighted by atomic mass is 10.1. The zero-order valence-electron chi connectivity index (χ0n) is 10.1. The van der Waals surface area contributed by atoms with Crippen molar-refractivity contribution in [3.05, 3.63) is 35.4 Å². The van der Waals surface area contributed by atoms with Crippen LogP contribution in [-0.2, 0) is 6.54 Å². The van der Waals surface area contributed by atoms with Gasteiger partial charge in [-0.15, -0.1) is 0 Å². The first-order valence-electron chi connectivity index (χ1n) is 5.50. The number of carboxylic acid groups (broad SMARTS) is 1. The van der Waals surface area contributed by atoms with Crippen LogP contribution >= 0.6 is 0 Å². The van der Waals surface area contributed by atoms with Gasteiger partial charge in [0.2, 0.25) is 0 Å². The van der Waals surface area contributed by atoms with Crippen LogP contribution in [0.3, 0.4) is 0 Å². The molecule has 1 aromatic rings. The van der Waals surface area contributed by atoms with Gasteiger partial charge in [-0.2, -0.15) is 5.26 Å². The Morgan fingerprint density at radius 1 is 1.47 bits per heavy atom. The van der Waals surface area contributed by atoms with Crippen molar-refractivity contribution >= 4 is 5.97 Å². The molecular weight excluding hydrogens is 216 g/mol. The molecule has 0 amide bonds. The molecule has 0 spiro atoms. The topological polar surface area (TPSA) is 64.3 Å². The van der Waals surface area contributed by atoms with E-state index in [2.05, 4.69) is 6.07 Å². The Labute approximate surface area is 101 Å². The van der Waals surface area contributed by atoms with Gasteiger partial charge in [-0.3, -0.25) is 4.90 Å². The predicted molar refractivity (Wildman–Crippen MR) is 64.6 cm³/mol. The average Bonchev–Trinajstić information content (AvgIpc) is 2.31. The Bertz CT molecular complexity index is 420. The highest BCUT2D eigenvalue weighted by Crippen LogP contribution is 2.10. The van der Waals surface area contributed by atoms with Crippen molar-refractivity contribution in [2.24, 2.45) is 0 Å². The van der Waals surface area contributed by atoms with Crippen LogP contribution in [-0.4, -0.2) is 29.1 Å². The van der Waals surface area contributed by atoms with Crippen molar-refractivity contribution in [3.8, 4) is 6.07 Å². The molecule has 0 aliphatic heterocycles. The summed E-state index contributed by atoms with van der Waals surface area (Å²) >= 11 is 0. The van der Waals surface area contributed by atoms with Crippen LogP contribution in [0.25, 0.3) is 0 Å². The van der Waals surface area contributed by atoms with E-state index in [0.717, 1.165) is 12.0 Å². The highest BCUT2D eigenvalue weighted by Gasteiger charge is 2.11. The Hall–Kier alpha value is -1.86. The zero-order valence-corrected chi connectivity index (χ0v) is 10.1. The molecular formula is C13H16N2O2. The Balaban J connectivity index is 2.69. The third-order valence-corrected chi connectivity index (χ3v) is 2.70. The highest BCUT2D eigenvalue weighted by atomic mass is 16.4. The fourth-order valence-electron chi connectivity index (χ4n) is 1.65. The van der Waals surface area contributed by atoms with E-state index < -0.39 is 5.97 Å². The van der Waals surface area contributed by atoms with Crippen molar-refractivity contribution in [3.63, 3.8) is 0 Å². The molecule has 1 N–H and O–H groups in total.